The van der Waals surface area contributed by atoms with E-state index in [0.29, 0.717) is 5.57 Å². The van der Waals surface area contributed by atoms with Crippen LogP contribution in [0.3, 0.4) is 0 Å². The number of hydrogen-bond acceptors (Lipinski definition) is 1. The molecule has 2 heteroatoms. The van der Waals surface area contributed by atoms with Crippen LogP contribution in [-0.4, -0.2) is 5.91 Å². The van der Waals surface area contributed by atoms with Gasteiger partial charge in [0, 0.05) is 11.3 Å². The first-order valence-electron chi connectivity index (χ1n) is 7.69. The molecule has 0 spiro atoms. The summed E-state index contributed by atoms with van der Waals surface area (Å²) in [4.78, 5) is 11.5. The Morgan fingerprint density at radius 1 is 1.05 bits per heavy atom. The zero-order chi connectivity index (χ0) is 14.8. The number of amides is 1. The molecule has 0 saturated heterocycles. The van der Waals surface area contributed by atoms with E-state index in [2.05, 4.69) is 31.0 Å². The van der Waals surface area contributed by atoms with Gasteiger partial charge >= 0.3 is 0 Å². The maximum Gasteiger partial charge on any atom is 0.250 e. The minimum Gasteiger partial charge on any atom is -0.322 e. The summed E-state index contributed by atoms with van der Waals surface area (Å²) in [5.74, 6) is -0.117. The summed E-state index contributed by atoms with van der Waals surface area (Å²) in [6, 6.07) is 8.13. The van der Waals surface area contributed by atoms with Crippen molar-refractivity contribution in [2.45, 2.75) is 58.8 Å². The topological polar surface area (TPSA) is 29.1 Å². The average molecular weight is 273 g/mol. The largest absolute Gasteiger partial charge is 0.322 e. The standard InChI is InChI=1S/C18H27NO/c1-4-5-6-7-8-9-10-16-11-13-17(14-12-16)19-18(20)15(2)3/h11-14H,2,4-10H2,1,3H3,(H,19,20). The van der Waals surface area contributed by atoms with Gasteiger partial charge in [0.05, 0.1) is 0 Å². The monoisotopic (exact) mass is 273 g/mol. The molecule has 0 heterocycles. The molecular formula is C18H27NO. The third-order valence-electron chi connectivity index (χ3n) is 3.42. The van der Waals surface area contributed by atoms with E-state index in [-0.39, 0.29) is 5.91 Å². The van der Waals surface area contributed by atoms with Crippen LogP contribution < -0.4 is 5.32 Å². The van der Waals surface area contributed by atoms with Crippen LogP contribution in [0.4, 0.5) is 5.69 Å². The Morgan fingerprint density at radius 2 is 1.65 bits per heavy atom. The van der Waals surface area contributed by atoms with Crippen molar-refractivity contribution < 1.29 is 4.79 Å². The van der Waals surface area contributed by atoms with Crippen LogP contribution in [0, 0.1) is 0 Å². The zero-order valence-electron chi connectivity index (χ0n) is 12.9. The lowest BCUT2D eigenvalue weighted by Gasteiger charge is -2.06. The molecule has 0 saturated carbocycles. The van der Waals surface area contributed by atoms with Crippen LogP contribution in [0.1, 0.15) is 57.9 Å². The third kappa shape index (κ3) is 6.55. The Morgan fingerprint density at radius 3 is 2.25 bits per heavy atom. The molecule has 2 nitrogen and oxygen atoms in total. The van der Waals surface area contributed by atoms with Gasteiger partial charge in [-0.2, -0.15) is 0 Å². The second-order valence-corrected chi connectivity index (χ2v) is 5.45. The molecule has 1 rings (SSSR count). The van der Waals surface area contributed by atoms with Gasteiger partial charge in [-0.3, -0.25) is 4.79 Å². The Balaban J connectivity index is 2.28. The van der Waals surface area contributed by atoms with Crippen molar-refractivity contribution in [2.24, 2.45) is 0 Å². The SMILES string of the molecule is C=C(C)C(=O)Nc1ccc(CCCCCCCC)cc1. The molecule has 1 amide bonds. The normalized spacial score (nSPS) is 10.3. The fraction of sp³-hybridized carbons (Fsp3) is 0.500. The lowest BCUT2D eigenvalue weighted by molar-refractivity contribution is -0.112. The Hall–Kier alpha value is -1.57. The lowest BCUT2D eigenvalue weighted by Crippen LogP contribution is -2.11. The van der Waals surface area contributed by atoms with E-state index in [4.69, 9.17) is 0 Å². The molecule has 1 aromatic carbocycles. The van der Waals surface area contributed by atoms with Crippen LogP contribution >= 0.6 is 0 Å². The number of aryl methyl sites for hydroxylation is 1. The number of carbonyl (C=O) groups excluding carboxylic acids is 1. The fourth-order valence-corrected chi connectivity index (χ4v) is 2.10. The Labute approximate surface area is 123 Å². The molecule has 0 atom stereocenters. The van der Waals surface area contributed by atoms with Gasteiger partial charge in [0.25, 0.3) is 5.91 Å². The number of benzene rings is 1. The Bertz CT molecular complexity index is 420. The van der Waals surface area contributed by atoms with E-state index in [9.17, 15) is 4.79 Å². The molecule has 110 valence electrons. The van der Waals surface area contributed by atoms with Crippen molar-refractivity contribution in [2.75, 3.05) is 5.32 Å². The van der Waals surface area contributed by atoms with Gasteiger partial charge in [0.2, 0.25) is 0 Å². The second kappa shape index (κ2) is 9.35. The third-order valence-corrected chi connectivity index (χ3v) is 3.42. The van der Waals surface area contributed by atoms with Gasteiger partial charge in [-0.15, -0.1) is 0 Å². The number of anilines is 1. The maximum atomic E-state index is 11.5. The fourth-order valence-electron chi connectivity index (χ4n) is 2.10. The number of unbranched alkanes of at least 4 members (excludes halogenated alkanes) is 5. The molecule has 20 heavy (non-hydrogen) atoms. The average Bonchev–Trinajstić information content (AvgIpc) is 2.44. The molecule has 0 unspecified atom stereocenters. The molecule has 0 aliphatic carbocycles. The van der Waals surface area contributed by atoms with E-state index in [0.717, 1.165) is 12.1 Å². The number of nitrogens with one attached hydrogen (secondary N) is 1. The minimum atomic E-state index is -0.117. The van der Waals surface area contributed by atoms with E-state index < -0.39 is 0 Å². The molecule has 0 fully saturated rings. The van der Waals surface area contributed by atoms with Crippen molar-refractivity contribution in [3.8, 4) is 0 Å². The molecule has 0 aliphatic rings. The number of hydrogen-bond donors (Lipinski definition) is 1. The first-order valence-corrected chi connectivity index (χ1v) is 7.69. The molecule has 1 N–H and O–H groups in total. The summed E-state index contributed by atoms with van der Waals surface area (Å²) in [6.07, 6.45) is 9.06. The zero-order valence-corrected chi connectivity index (χ0v) is 12.9. The maximum absolute atomic E-state index is 11.5. The van der Waals surface area contributed by atoms with E-state index in [1.807, 2.05) is 12.1 Å². The molecule has 1 aromatic rings. The van der Waals surface area contributed by atoms with E-state index in [1.165, 1.54) is 44.1 Å². The molecule has 0 bridgehead atoms. The van der Waals surface area contributed by atoms with Crippen molar-refractivity contribution >= 4 is 11.6 Å². The van der Waals surface area contributed by atoms with Crippen molar-refractivity contribution in [1.82, 2.24) is 0 Å². The van der Waals surface area contributed by atoms with E-state index >= 15 is 0 Å². The first-order chi connectivity index (χ1) is 9.63. The highest BCUT2D eigenvalue weighted by molar-refractivity contribution is 6.02. The van der Waals surface area contributed by atoms with Gasteiger partial charge < -0.3 is 5.32 Å². The summed E-state index contributed by atoms with van der Waals surface area (Å²) in [5.41, 5.74) is 2.71. The molecule has 0 aliphatic heterocycles. The quantitative estimate of drug-likeness (QED) is 0.492. The Kier molecular flexibility index (Phi) is 7.71. The predicted octanol–water partition coefficient (Wildman–Crippen LogP) is 5.10. The van der Waals surface area contributed by atoms with Gasteiger partial charge in [0.1, 0.15) is 0 Å². The summed E-state index contributed by atoms with van der Waals surface area (Å²) >= 11 is 0. The smallest absolute Gasteiger partial charge is 0.250 e. The van der Waals surface area contributed by atoms with Crippen molar-refractivity contribution in [1.29, 1.82) is 0 Å². The predicted molar refractivity (Wildman–Crippen MR) is 87.0 cm³/mol. The number of carbonyl (C=O) groups is 1. The highest BCUT2D eigenvalue weighted by Crippen LogP contribution is 2.14. The second-order valence-electron chi connectivity index (χ2n) is 5.45. The van der Waals surface area contributed by atoms with Crippen molar-refractivity contribution in [3.63, 3.8) is 0 Å². The minimum absolute atomic E-state index is 0.117. The highest BCUT2D eigenvalue weighted by atomic mass is 16.1. The van der Waals surface area contributed by atoms with Gasteiger partial charge in [0.15, 0.2) is 0 Å². The van der Waals surface area contributed by atoms with E-state index in [1.54, 1.807) is 6.92 Å². The highest BCUT2D eigenvalue weighted by Gasteiger charge is 2.02. The summed E-state index contributed by atoms with van der Waals surface area (Å²) in [7, 11) is 0. The molecule has 0 aromatic heterocycles. The van der Waals surface area contributed by atoms with Gasteiger partial charge in [-0.1, -0.05) is 57.7 Å². The first kappa shape index (κ1) is 16.5. The van der Waals surface area contributed by atoms with Crippen LogP contribution in [0.25, 0.3) is 0 Å². The van der Waals surface area contributed by atoms with Gasteiger partial charge in [-0.25, -0.2) is 0 Å². The van der Waals surface area contributed by atoms with Crippen LogP contribution in [0.5, 0.6) is 0 Å². The summed E-state index contributed by atoms with van der Waals surface area (Å²) in [5, 5.41) is 2.82. The lowest BCUT2D eigenvalue weighted by atomic mass is 10.0. The summed E-state index contributed by atoms with van der Waals surface area (Å²) < 4.78 is 0. The molecular weight excluding hydrogens is 246 g/mol. The van der Waals surface area contributed by atoms with Crippen LogP contribution in [0.2, 0.25) is 0 Å². The number of rotatable bonds is 9. The van der Waals surface area contributed by atoms with Gasteiger partial charge in [-0.05, 0) is 37.5 Å². The van der Waals surface area contributed by atoms with Crippen molar-refractivity contribution in [3.05, 3.63) is 42.0 Å². The van der Waals surface area contributed by atoms with Crippen LogP contribution in [0.15, 0.2) is 36.4 Å². The molecule has 0 radical (unpaired) electrons. The summed E-state index contributed by atoms with van der Waals surface area (Å²) in [6.45, 7) is 7.58. The van der Waals surface area contributed by atoms with Crippen LogP contribution in [-0.2, 0) is 11.2 Å².